The van der Waals surface area contributed by atoms with E-state index in [2.05, 4.69) is 5.32 Å². The average Bonchev–Trinajstić information content (AvgIpc) is 3.23. The van der Waals surface area contributed by atoms with Crippen molar-refractivity contribution in [3.05, 3.63) is 46.6 Å². The third-order valence-electron chi connectivity index (χ3n) is 5.68. The standard InChI is InChI=1S/C20H23FN2OS.ClH/c1-14-12-17(25-18(14)15-2-4-16(21)5-3-15)19(24)23-10-7-20(8-11-23)6-9-22-13-20;/h2-5,12,22H,6-11,13H2,1H3;1H. The molecule has 6 heteroatoms. The van der Waals surface area contributed by atoms with Gasteiger partial charge in [-0.15, -0.1) is 23.7 Å². The number of aryl methyl sites for hydroxylation is 1. The minimum atomic E-state index is -0.238. The molecule has 2 aliphatic heterocycles. The Labute approximate surface area is 164 Å². The number of carbonyl (C=O) groups excluding carboxylic acids is 1. The fourth-order valence-corrected chi connectivity index (χ4v) is 5.18. The Morgan fingerprint density at radius 2 is 1.88 bits per heavy atom. The van der Waals surface area contributed by atoms with Crippen LogP contribution in [0.15, 0.2) is 30.3 Å². The molecule has 1 aromatic heterocycles. The van der Waals surface area contributed by atoms with Gasteiger partial charge in [0.25, 0.3) is 5.91 Å². The van der Waals surface area contributed by atoms with Gasteiger partial charge in [0.1, 0.15) is 5.82 Å². The fourth-order valence-electron chi connectivity index (χ4n) is 4.04. The van der Waals surface area contributed by atoms with Crippen molar-refractivity contribution in [1.29, 1.82) is 0 Å². The van der Waals surface area contributed by atoms with E-state index < -0.39 is 0 Å². The summed E-state index contributed by atoms with van der Waals surface area (Å²) in [5.74, 6) is -0.0971. The van der Waals surface area contributed by atoms with E-state index in [-0.39, 0.29) is 24.1 Å². The Morgan fingerprint density at radius 3 is 2.50 bits per heavy atom. The van der Waals surface area contributed by atoms with E-state index in [1.165, 1.54) is 29.9 Å². The van der Waals surface area contributed by atoms with Crippen LogP contribution in [0, 0.1) is 18.2 Å². The zero-order valence-electron chi connectivity index (χ0n) is 14.9. The summed E-state index contributed by atoms with van der Waals surface area (Å²) >= 11 is 1.52. The molecule has 140 valence electrons. The van der Waals surface area contributed by atoms with Gasteiger partial charge in [-0.1, -0.05) is 12.1 Å². The summed E-state index contributed by atoms with van der Waals surface area (Å²) in [5, 5.41) is 3.46. The highest BCUT2D eigenvalue weighted by Gasteiger charge is 2.38. The van der Waals surface area contributed by atoms with Gasteiger partial charge in [0, 0.05) is 24.5 Å². The molecular weight excluding hydrogens is 371 g/mol. The molecule has 4 rings (SSSR count). The highest BCUT2D eigenvalue weighted by molar-refractivity contribution is 7.17. The van der Waals surface area contributed by atoms with E-state index in [4.69, 9.17) is 0 Å². The van der Waals surface area contributed by atoms with E-state index in [0.717, 1.165) is 59.9 Å². The molecule has 1 amide bonds. The molecule has 1 N–H and O–H groups in total. The van der Waals surface area contributed by atoms with Gasteiger partial charge < -0.3 is 10.2 Å². The van der Waals surface area contributed by atoms with Crippen LogP contribution >= 0.6 is 23.7 Å². The first kappa shape index (κ1) is 19.3. The van der Waals surface area contributed by atoms with Gasteiger partial charge in [0.2, 0.25) is 0 Å². The molecule has 0 saturated carbocycles. The number of piperidine rings is 1. The monoisotopic (exact) mass is 394 g/mol. The third-order valence-corrected chi connectivity index (χ3v) is 6.95. The number of thiophene rings is 1. The summed E-state index contributed by atoms with van der Waals surface area (Å²) in [5.41, 5.74) is 2.47. The molecule has 2 fully saturated rings. The predicted octanol–water partition coefficient (Wildman–Crippen LogP) is 4.50. The molecule has 26 heavy (non-hydrogen) atoms. The number of hydrogen-bond acceptors (Lipinski definition) is 3. The Balaban J connectivity index is 0.00000196. The molecule has 3 nitrogen and oxygen atoms in total. The number of benzene rings is 1. The summed E-state index contributed by atoms with van der Waals surface area (Å²) < 4.78 is 13.1. The Morgan fingerprint density at radius 1 is 1.19 bits per heavy atom. The van der Waals surface area contributed by atoms with Crippen molar-refractivity contribution in [3.8, 4) is 10.4 Å². The molecule has 1 aromatic carbocycles. The van der Waals surface area contributed by atoms with E-state index in [9.17, 15) is 9.18 Å². The molecule has 2 saturated heterocycles. The summed E-state index contributed by atoms with van der Waals surface area (Å²) in [7, 11) is 0. The lowest BCUT2D eigenvalue weighted by Crippen LogP contribution is -2.43. The molecule has 0 radical (unpaired) electrons. The van der Waals surface area contributed by atoms with Gasteiger partial charge >= 0.3 is 0 Å². The second-order valence-corrected chi connectivity index (χ2v) is 8.40. The van der Waals surface area contributed by atoms with Crippen molar-refractivity contribution in [3.63, 3.8) is 0 Å². The van der Waals surface area contributed by atoms with Crippen LogP contribution in [-0.2, 0) is 0 Å². The first-order valence-electron chi connectivity index (χ1n) is 8.93. The maximum atomic E-state index is 13.1. The maximum absolute atomic E-state index is 13.1. The molecule has 0 aliphatic carbocycles. The molecular formula is C20H24ClFN2OS. The first-order chi connectivity index (χ1) is 12.1. The normalized spacial score (nSPS) is 18.8. The van der Waals surface area contributed by atoms with Crippen molar-refractivity contribution in [2.24, 2.45) is 5.41 Å². The van der Waals surface area contributed by atoms with Crippen LogP contribution in [0.1, 0.15) is 34.5 Å². The molecule has 0 bridgehead atoms. The van der Waals surface area contributed by atoms with Crippen LogP contribution in [0.2, 0.25) is 0 Å². The fraction of sp³-hybridized carbons (Fsp3) is 0.450. The second-order valence-electron chi connectivity index (χ2n) is 7.35. The van der Waals surface area contributed by atoms with Crippen LogP contribution in [0.5, 0.6) is 0 Å². The second kappa shape index (κ2) is 7.67. The average molecular weight is 395 g/mol. The number of likely N-dealkylation sites (tertiary alicyclic amines) is 1. The highest BCUT2D eigenvalue weighted by Crippen LogP contribution is 2.38. The lowest BCUT2D eigenvalue weighted by Gasteiger charge is -2.38. The van der Waals surface area contributed by atoms with Gasteiger partial charge in [-0.05, 0) is 67.5 Å². The highest BCUT2D eigenvalue weighted by atomic mass is 35.5. The van der Waals surface area contributed by atoms with Gasteiger partial charge in [-0.3, -0.25) is 4.79 Å². The summed E-state index contributed by atoms with van der Waals surface area (Å²) in [6, 6.07) is 8.47. The largest absolute Gasteiger partial charge is 0.338 e. The Bertz CT molecular complexity index is 774. The number of carbonyl (C=O) groups is 1. The van der Waals surface area contributed by atoms with Crippen LogP contribution in [0.25, 0.3) is 10.4 Å². The summed E-state index contributed by atoms with van der Waals surface area (Å²) in [4.78, 5) is 16.8. The minimum Gasteiger partial charge on any atom is -0.338 e. The maximum Gasteiger partial charge on any atom is 0.263 e. The van der Waals surface area contributed by atoms with Crippen molar-refractivity contribution in [2.75, 3.05) is 26.2 Å². The van der Waals surface area contributed by atoms with Gasteiger partial charge in [0.05, 0.1) is 4.88 Å². The van der Waals surface area contributed by atoms with Crippen LogP contribution in [0.3, 0.4) is 0 Å². The summed E-state index contributed by atoms with van der Waals surface area (Å²) in [6.45, 7) is 5.93. The van der Waals surface area contributed by atoms with Crippen LogP contribution in [-0.4, -0.2) is 37.0 Å². The SMILES string of the molecule is Cc1cc(C(=O)N2CCC3(CCNC3)CC2)sc1-c1ccc(F)cc1.Cl. The van der Waals surface area contributed by atoms with Crippen molar-refractivity contribution in [2.45, 2.75) is 26.2 Å². The zero-order valence-corrected chi connectivity index (χ0v) is 16.5. The smallest absolute Gasteiger partial charge is 0.263 e. The Hall–Kier alpha value is -1.43. The number of rotatable bonds is 2. The number of amides is 1. The van der Waals surface area contributed by atoms with Crippen molar-refractivity contribution >= 4 is 29.7 Å². The molecule has 0 unspecified atom stereocenters. The quantitative estimate of drug-likeness (QED) is 0.813. The van der Waals surface area contributed by atoms with Gasteiger partial charge in [0.15, 0.2) is 0 Å². The Kier molecular flexibility index (Phi) is 5.70. The van der Waals surface area contributed by atoms with Crippen LogP contribution in [0.4, 0.5) is 4.39 Å². The van der Waals surface area contributed by atoms with Gasteiger partial charge in [-0.2, -0.15) is 0 Å². The predicted molar refractivity (Wildman–Crippen MR) is 107 cm³/mol. The molecule has 1 spiro atoms. The number of halogens is 2. The lowest BCUT2D eigenvalue weighted by molar-refractivity contribution is 0.0612. The summed E-state index contributed by atoms with van der Waals surface area (Å²) in [6.07, 6.45) is 3.43. The first-order valence-corrected chi connectivity index (χ1v) is 9.74. The number of nitrogens with zero attached hydrogens (tertiary/aromatic N) is 1. The molecule has 0 atom stereocenters. The molecule has 3 heterocycles. The molecule has 2 aliphatic rings. The van der Waals surface area contributed by atoms with Crippen molar-refractivity contribution < 1.29 is 9.18 Å². The number of nitrogens with one attached hydrogen (secondary N) is 1. The van der Waals surface area contributed by atoms with E-state index in [0.29, 0.717) is 5.41 Å². The minimum absolute atomic E-state index is 0. The lowest BCUT2D eigenvalue weighted by atomic mass is 9.78. The van der Waals surface area contributed by atoms with E-state index in [1.54, 1.807) is 12.1 Å². The third kappa shape index (κ3) is 3.66. The topological polar surface area (TPSA) is 32.3 Å². The van der Waals surface area contributed by atoms with Crippen LogP contribution < -0.4 is 5.32 Å². The van der Waals surface area contributed by atoms with E-state index in [1.807, 2.05) is 17.9 Å². The molecule has 2 aromatic rings. The van der Waals surface area contributed by atoms with Crippen molar-refractivity contribution in [1.82, 2.24) is 10.2 Å². The van der Waals surface area contributed by atoms with E-state index >= 15 is 0 Å². The number of hydrogen-bond donors (Lipinski definition) is 1. The van der Waals surface area contributed by atoms with Gasteiger partial charge in [-0.25, -0.2) is 4.39 Å². The zero-order chi connectivity index (χ0) is 17.4.